The van der Waals surface area contributed by atoms with Crippen molar-refractivity contribution in [1.29, 1.82) is 0 Å². The Morgan fingerprint density at radius 2 is 1.71 bits per heavy atom. The van der Waals surface area contributed by atoms with E-state index >= 15 is 0 Å². The summed E-state index contributed by atoms with van der Waals surface area (Å²) in [5, 5.41) is 0. The van der Waals surface area contributed by atoms with Crippen molar-refractivity contribution < 1.29 is 0 Å². The van der Waals surface area contributed by atoms with Gasteiger partial charge in [-0.15, -0.1) is 0 Å². The first-order chi connectivity index (χ1) is 8.16. The van der Waals surface area contributed by atoms with E-state index in [9.17, 15) is 0 Å². The predicted octanol–water partition coefficient (Wildman–Crippen LogP) is 3.33. The van der Waals surface area contributed by atoms with Crippen LogP contribution in [-0.2, 0) is 0 Å². The van der Waals surface area contributed by atoms with Crippen molar-refractivity contribution in [3.8, 4) is 0 Å². The maximum absolute atomic E-state index is 6.19. The second-order valence-corrected chi connectivity index (χ2v) is 5.52. The Hall–Kier alpha value is -1.02. The molecule has 0 bridgehead atoms. The lowest BCUT2D eigenvalue weighted by Crippen LogP contribution is -2.18. The van der Waals surface area contributed by atoms with Gasteiger partial charge in [-0.1, -0.05) is 26.0 Å². The molecule has 0 spiro atoms. The number of nitrogens with two attached hydrogens (primary N) is 1. The Balaban J connectivity index is 2.01. The summed E-state index contributed by atoms with van der Waals surface area (Å²) in [6, 6.07) is 9.02. The zero-order chi connectivity index (χ0) is 12.3. The van der Waals surface area contributed by atoms with E-state index in [-0.39, 0.29) is 6.04 Å². The van der Waals surface area contributed by atoms with Gasteiger partial charge in [0, 0.05) is 24.8 Å². The summed E-state index contributed by atoms with van der Waals surface area (Å²) in [6.07, 6.45) is 3.71. The molecule has 0 aromatic heterocycles. The molecule has 2 N–H and O–H groups in total. The highest BCUT2D eigenvalue weighted by Gasteiger charge is 2.13. The molecule has 0 unspecified atom stereocenters. The van der Waals surface area contributed by atoms with Crippen LogP contribution in [0.4, 0.5) is 5.69 Å². The van der Waals surface area contributed by atoms with Crippen molar-refractivity contribution in [2.45, 2.75) is 39.2 Å². The molecule has 1 aromatic rings. The lowest BCUT2D eigenvalue weighted by atomic mass is 9.98. The summed E-state index contributed by atoms with van der Waals surface area (Å²) in [5.41, 5.74) is 8.80. The molecule has 2 rings (SSSR count). The van der Waals surface area contributed by atoms with Crippen molar-refractivity contribution in [3.05, 3.63) is 29.8 Å². The molecule has 1 atom stereocenters. The van der Waals surface area contributed by atoms with Crippen LogP contribution in [-0.4, -0.2) is 13.1 Å². The minimum atomic E-state index is 0.183. The smallest absolute Gasteiger partial charge is 0.0366 e. The van der Waals surface area contributed by atoms with E-state index in [1.165, 1.54) is 37.2 Å². The van der Waals surface area contributed by atoms with Gasteiger partial charge in [0.15, 0.2) is 0 Å². The molecular weight excluding hydrogens is 208 g/mol. The van der Waals surface area contributed by atoms with E-state index in [2.05, 4.69) is 43.0 Å². The first-order valence-electron chi connectivity index (χ1n) is 6.77. The largest absolute Gasteiger partial charge is 0.372 e. The number of rotatable bonds is 4. The predicted molar refractivity (Wildman–Crippen MR) is 74.3 cm³/mol. The van der Waals surface area contributed by atoms with E-state index in [1.54, 1.807) is 0 Å². The third-order valence-electron chi connectivity index (χ3n) is 3.52. The number of benzene rings is 1. The van der Waals surface area contributed by atoms with Crippen molar-refractivity contribution >= 4 is 5.69 Å². The molecule has 17 heavy (non-hydrogen) atoms. The third-order valence-corrected chi connectivity index (χ3v) is 3.52. The highest BCUT2D eigenvalue weighted by atomic mass is 15.1. The molecule has 2 heteroatoms. The quantitative estimate of drug-likeness (QED) is 0.862. The summed E-state index contributed by atoms with van der Waals surface area (Å²) >= 11 is 0. The normalized spacial score (nSPS) is 17.8. The molecule has 1 aromatic carbocycles. The van der Waals surface area contributed by atoms with Crippen molar-refractivity contribution in [2.24, 2.45) is 11.7 Å². The Bertz CT molecular complexity index is 336. The number of anilines is 1. The highest BCUT2D eigenvalue weighted by molar-refractivity contribution is 5.48. The molecule has 2 nitrogen and oxygen atoms in total. The van der Waals surface area contributed by atoms with Crippen LogP contribution >= 0.6 is 0 Å². The SMILES string of the molecule is CC(C)C[C@H](N)c1ccc(N2CCCC2)cc1. The second-order valence-electron chi connectivity index (χ2n) is 5.52. The minimum absolute atomic E-state index is 0.183. The summed E-state index contributed by atoms with van der Waals surface area (Å²) in [5.74, 6) is 0.656. The molecular formula is C15H24N2. The lowest BCUT2D eigenvalue weighted by Gasteiger charge is -2.19. The Morgan fingerprint density at radius 3 is 2.24 bits per heavy atom. The minimum Gasteiger partial charge on any atom is -0.372 e. The Labute approximate surface area is 105 Å². The Morgan fingerprint density at radius 1 is 1.12 bits per heavy atom. The molecule has 1 aliphatic heterocycles. The first-order valence-corrected chi connectivity index (χ1v) is 6.77. The molecule has 1 saturated heterocycles. The van der Waals surface area contributed by atoms with Gasteiger partial charge in [0.25, 0.3) is 0 Å². The molecule has 0 aliphatic carbocycles. The lowest BCUT2D eigenvalue weighted by molar-refractivity contribution is 0.510. The van der Waals surface area contributed by atoms with Gasteiger partial charge < -0.3 is 10.6 Å². The van der Waals surface area contributed by atoms with E-state index < -0.39 is 0 Å². The molecule has 1 heterocycles. The van der Waals surface area contributed by atoms with Crippen LogP contribution < -0.4 is 10.6 Å². The van der Waals surface area contributed by atoms with Gasteiger partial charge in [0.1, 0.15) is 0 Å². The zero-order valence-electron chi connectivity index (χ0n) is 11.0. The summed E-state index contributed by atoms with van der Waals surface area (Å²) in [6.45, 7) is 6.85. The maximum atomic E-state index is 6.19. The molecule has 0 amide bonds. The maximum Gasteiger partial charge on any atom is 0.0366 e. The van der Waals surface area contributed by atoms with Gasteiger partial charge in [-0.2, -0.15) is 0 Å². The summed E-state index contributed by atoms with van der Waals surface area (Å²) < 4.78 is 0. The molecule has 1 aliphatic rings. The van der Waals surface area contributed by atoms with Crippen LogP contribution in [0.15, 0.2) is 24.3 Å². The average molecular weight is 232 g/mol. The zero-order valence-corrected chi connectivity index (χ0v) is 11.0. The van der Waals surface area contributed by atoms with E-state index in [4.69, 9.17) is 5.73 Å². The number of hydrogen-bond acceptors (Lipinski definition) is 2. The van der Waals surface area contributed by atoms with Crippen LogP contribution in [0, 0.1) is 5.92 Å². The first kappa shape index (κ1) is 12.4. The van der Waals surface area contributed by atoms with Gasteiger partial charge in [0.2, 0.25) is 0 Å². The van der Waals surface area contributed by atoms with Crippen LogP contribution in [0.25, 0.3) is 0 Å². The van der Waals surface area contributed by atoms with E-state index in [1.807, 2.05) is 0 Å². The molecule has 0 radical (unpaired) electrons. The molecule has 94 valence electrons. The Kier molecular flexibility index (Phi) is 4.06. The molecule has 1 fully saturated rings. The van der Waals surface area contributed by atoms with Gasteiger partial charge in [-0.05, 0) is 42.9 Å². The topological polar surface area (TPSA) is 29.3 Å². The van der Waals surface area contributed by atoms with Crippen molar-refractivity contribution in [1.82, 2.24) is 0 Å². The van der Waals surface area contributed by atoms with E-state index in [0.717, 1.165) is 6.42 Å². The van der Waals surface area contributed by atoms with Gasteiger partial charge in [-0.3, -0.25) is 0 Å². The monoisotopic (exact) mass is 232 g/mol. The van der Waals surface area contributed by atoms with Crippen molar-refractivity contribution in [2.75, 3.05) is 18.0 Å². The van der Waals surface area contributed by atoms with Gasteiger partial charge in [-0.25, -0.2) is 0 Å². The van der Waals surface area contributed by atoms with Crippen molar-refractivity contribution in [3.63, 3.8) is 0 Å². The van der Waals surface area contributed by atoms with Crippen LogP contribution in [0.1, 0.15) is 44.7 Å². The number of nitrogens with zero attached hydrogens (tertiary/aromatic N) is 1. The second kappa shape index (κ2) is 5.54. The standard InChI is InChI=1S/C15H24N2/c1-12(2)11-15(16)13-5-7-14(8-6-13)17-9-3-4-10-17/h5-8,12,15H,3-4,9-11,16H2,1-2H3/t15-/m0/s1. The average Bonchev–Trinajstić information content (AvgIpc) is 2.82. The van der Waals surface area contributed by atoms with Gasteiger partial charge in [0.05, 0.1) is 0 Å². The summed E-state index contributed by atoms with van der Waals surface area (Å²) in [7, 11) is 0. The van der Waals surface area contributed by atoms with Crippen LogP contribution in [0.3, 0.4) is 0 Å². The fourth-order valence-electron chi connectivity index (χ4n) is 2.55. The van der Waals surface area contributed by atoms with Crippen LogP contribution in [0.5, 0.6) is 0 Å². The fraction of sp³-hybridized carbons (Fsp3) is 0.600. The van der Waals surface area contributed by atoms with E-state index in [0.29, 0.717) is 5.92 Å². The van der Waals surface area contributed by atoms with Crippen LogP contribution in [0.2, 0.25) is 0 Å². The number of hydrogen-bond donors (Lipinski definition) is 1. The highest BCUT2D eigenvalue weighted by Crippen LogP contribution is 2.24. The molecule has 0 saturated carbocycles. The summed E-state index contributed by atoms with van der Waals surface area (Å²) in [4.78, 5) is 2.46. The third kappa shape index (κ3) is 3.22. The van der Waals surface area contributed by atoms with Gasteiger partial charge >= 0.3 is 0 Å². The fourth-order valence-corrected chi connectivity index (χ4v) is 2.55.